The van der Waals surface area contributed by atoms with Crippen molar-refractivity contribution in [2.24, 2.45) is 5.73 Å². The maximum atomic E-state index is 13.7. The highest BCUT2D eigenvalue weighted by Gasteiger charge is 2.20. The van der Waals surface area contributed by atoms with Gasteiger partial charge in [0.05, 0.1) is 19.3 Å². The van der Waals surface area contributed by atoms with Crippen LogP contribution in [0.3, 0.4) is 0 Å². The van der Waals surface area contributed by atoms with Crippen molar-refractivity contribution < 1.29 is 18.7 Å². The van der Waals surface area contributed by atoms with Crippen LogP contribution in [0.1, 0.15) is 23.7 Å². The first-order valence-corrected chi connectivity index (χ1v) is 5.48. The third-order valence-corrected chi connectivity index (χ3v) is 2.50. The largest absolute Gasteiger partial charge is 0.489 e. The Balaban J connectivity index is 2.42. The summed E-state index contributed by atoms with van der Waals surface area (Å²) in [4.78, 5) is 11.7. The molecule has 0 spiro atoms. The fourth-order valence-corrected chi connectivity index (χ4v) is 1.64. The molecule has 2 N–H and O–H groups in total. The number of ether oxygens (including phenoxy) is 2. The summed E-state index contributed by atoms with van der Waals surface area (Å²) in [5.74, 6) is -0.567. The number of ketones is 1. The van der Waals surface area contributed by atoms with E-state index in [2.05, 4.69) is 0 Å². The number of nitrogens with two attached hydrogens (primary N) is 1. The molecule has 1 aliphatic heterocycles. The predicted octanol–water partition coefficient (Wildman–Crippen LogP) is 1.52. The van der Waals surface area contributed by atoms with E-state index in [0.29, 0.717) is 19.6 Å². The van der Waals surface area contributed by atoms with Gasteiger partial charge in [0.15, 0.2) is 23.1 Å². The molecule has 1 unspecified atom stereocenters. The van der Waals surface area contributed by atoms with E-state index in [-0.39, 0.29) is 22.8 Å². The zero-order valence-corrected chi connectivity index (χ0v) is 9.53. The molecule has 0 saturated carbocycles. The lowest BCUT2D eigenvalue weighted by atomic mass is 10.1. The zero-order valence-electron chi connectivity index (χ0n) is 9.53. The zero-order chi connectivity index (χ0) is 12.4. The first-order valence-electron chi connectivity index (χ1n) is 5.48. The van der Waals surface area contributed by atoms with Crippen molar-refractivity contribution in [3.05, 3.63) is 23.5 Å². The Morgan fingerprint density at radius 1 is 1.41 bits per heavy atom. The van der Waals surface area contributed by atoms with Gasteiger partial charge in [-0.1, -0.05) is 0 Å². The van der Waals surface area contributed by atoms with Crippen molar-refractivity contribution in [2.75, 3.05) is 13.2 Å². The van der Waals surface area contributed by atoms with Gasteiger partial charge in [-0.05, 0) is 19.1 Å². The molecule has 0 bridgehead atoms. The van der Waals surface area contributed by atoms with E-state index in [4.69, 9.17) is 15.2 Å². The lowest BCUT2D eigenvalue weighted by molar-refractivity contribution is 0.0967. The van der Waals surface area contributed by atoms with E-state index in [0.717, 1.165) is 6.07 Å². The average molecular weight is 239 g/mol. The average Bonchev–Trinajstić information content (AvgIpc) is 2.53. The maximum Gasteiger partial charge on any atom is 0.197 e. The summed E-state index contributed by atoms with van der Waals surface area (Å²) in [6, 6.07) is 1.95. The van der Waals surface area contributed by atoms with Crippen molar-refractivity contribution in [3.63, 3.8) is 0 Å². The second-order valence-electron chi connectivity index (χ2n) is 3.99. The number of Topliss-reactive ketones (excluding diaryl/α,β-unsaturated/α-hetero) is 1. The fraction of sp³-hybridized carbons (Fsp3) is 0.417. The van der Waals surface area contributed by atoms with Crippen LogP contribution in [0.25, 0.3) is 0 Å². The van der Waals surface area contributed by atoms with Crippen LogP contribution < -0.4 is 15.2 Å². The molecule has 0 radical (unpaired) electrons. The fourth-order valence-electron chi connectivity index (χ4n) is 1.64. The van der Waals surface area contributed by atoms with Gasteiger partial charge in [0, 0.05) is 12.0 Å². The van der Waals surface area contributed by atoms with Crippen LogP contribution >= 0.6 is 0 Å². The van der Waals surface area contributed by atoms with Crippen LogP contribution in [0.4, 0.5) is 4.39 Å². The number of carbonyl (C=O) groups excluding carboxylic acids is 1. The molecule has 0 fully saturated rings. The van der Waals surface area contributed by atoms with Gasteiger partial charge in [0.1, 0.15) is 0 Å². The van der Waals surface area contributed by atoms with Gasteiger partial charge >= 0.3 is 0 Å². The number of hydrogen-bond donors (Lipinski definition) is 1. The Hall–Kier alpha value is -1.62. The van der Waals surface area contributed by atoms with Gasteiger partial charge in [-0.3, -0.25) is 4.79 Å². The summed E-state index contributed by atoms with van der Waals surface area (Å²) in [6.07, 6.45) is 0.685. The molecule has 1 heterocycles. The van der Waals surface area contributed by atoms with Crippen LogP contribution in [0.5, 0.6) is 11.5 Å². The smallest absolute Gasteiger partial charge is 0.197 e. The summed E-state index contributed by atoms with van der Waals surface area (Å²) < 4.78 is 24.3. The molecule has 0 amide bonds. The first kappa shape index (κ1) is 11.9. The number of rotatable bonds is 2. The molecule has 1 aromatic carbocycles. The van der Waals surface area contributed by atoms with E-state index in [9.17, 15) is 9.18 Å². The number of hydrogen-bond acceptors (Lipinski definition) is 4. The monoisotopic (exact) mass is 239 g/mol. The number of benzene rings is 1. The van der Waals surface area contributed by atoms with E-state index in [1.807, 2.05) is 0 Å². The minimum absolute atomic E-state index is 0.0729. The van der Waals surface area contributed by atoms with Crippen molar-refractivity contribution in [2.45, 2.75) is 19.4 Å². The van der Waals surface area contributed by atoms with Crippen molar-refractivity contribution >= 4 is 5.78 Å². The molecule has 1 aromatic rings. The summed E-state index contributed by atoms with van der Waals surface area (Å²) >= 11 is 0. The number of halogens is 1. The molecular weight excluding hydrogens is 225 g/mol. The van der Waals surface area contributed by atoms with Gasteiger partial charge in [-0.15, -0.1) is 0 Å². The van der Waals surface area contributed by atoms with Gasteiger partial charge < -0.3 is 15.2 Å². The van der Waals surface area contributed by atoms with E-state index < -0.39 is 11.9 Å². The number of fused-ring (bicyclic) bond motifs is 1. The highest BCUT2D eigenvalue weighted by Crippen LogP contribution is 2.33. The van der Waals surface area contributed by atoms with Crippen molar-refractivity contribution in [1.82, 2.24) is 0 Å². The number of carbonyl (C=O) groups is 1. The Morgan fingerprint density at radius 3 is 2.82 bits per heavy atom. The molecule has 0 aromatic heterocycles. The minimum atomic E-state index is -0.667. The molecule has 0 saturated heterocycles. The van der Waals surface area contributed by atoms with Gasteiger partial charge in [-0.25, -0.2) is 4.39 Å². The predicted molar refractivity (Wildman–Crippen MR) is 60.0 cm³/mol. The van der Waals surface area contributed by atoms with Crippen LogP contribution in [0.15, 0.2) is 12.1 Å². The topological polar surface area (TPSA) is 61.6 Å². The molecular formula is C12H14FNO3. The Bertz CT molecular complexity index is 446. The van der Waals surface area contributed by atoms with Crippen LogP contribution in [0.2, 0.25) is 0 Å². The van der Waals surface area contributed by atoms with Gasteiger partial charge in [0.25, 0.3) is 0 Å². The van der Waals surface area contributed by atoms with Crippen LogP contribution in [-0.2, 0) is 0 Å². The Labute approximate surface area is 98.5 Å². The van der Waals surface area contributed by atoms with Crippen LogP contribution in [0, 0.1) is 5.82 Å². The molecule has 0 aliphatic carbocycles. The molecule has 5 heteroatoms. The van der Waals surface area contributed by atoms with E-state index in [1.54, 1.807) is 6.92 Å². The summed E-state index contributed by atoms with van der Waals surface area (Å²) in [6.45, 7) is 2.41. The maximum absolute atomic E-state index is 13.7. The third-order valence-electron chi connectivity index (χ3n) is 2.50. The Kier molecular flexibility index (Phi) is 3.28. The lowest BCUT2D eigenvalue weighted by Crippen LogP contribution is -2.26. The first-order chi connectivity index (χ1) is 8.09. The highest BCUT2D eigenvalue weighted by molar-refractivity contribution is 6.00. The van der Waals surface area contributed by atoms with Crippen molar-refractivity contribution in [1.29, 1.82) is 0 Å². The third kappa shape index (κ3) is 2.39. The molecule has 4 nitrogen and oxygen atoms in total. The summed E-state index contributed by atoms with van der Waals surface area (Å²) in [7, 11) is 0. The normalized spacial score (nSPS) is 16.2. The highest BCUT2D eigenvalue weighted by atomic mass is 19.1. The molecule has 17 heavy (non-hydrogen) atoms. The van der Waals surface area contributed by atoms with Gasteiger partial charge in [-0.2, -0.15) is 0 Å². The molecule has 1 aliphatic rings. The van der Waals surface area contributed by atoms with Crippen molar-refractivity contribution in [3.8, 4) is 11.5 Å². The second kappa shape index (κ2) is 4.71. The molecule has 2 rings (SSSR count). The van der Waals surface area contributed by atoms with E-state index in [1.165, 1.54) is 6.07 Å². The summed E-state index contributed by atoms with van der Waals surface area (Å²) in [5.41, 5.74) is 5.69. The quantitative estimate of drug-likeness (QED) is 0.795. The lowest BCUT2D eigenvalue weighted by Gasteiger charge is -2.11. The molecule has 92 valence electrons. The SMILES string of the molecule is CC(N)C(=O)c1cc(F)c2c(c1)OCCCO2. The van der Waals surface area contributed by atoms with E-state index >= 15 is 0 Å². The van der Waals surface area contributed by atoms with Gasteiger partial charge in [0.2, 0.25) is 0 Å². The Morgan fingerprint density at radius 2 is 2.12 bits per heavy atom. The van der Waals surface area contributed by atoms with Crippen LogP contribution in [-0.4, -0.2) is 25.0 Å². The molecule has 1 atom stereocenters. The summed E-state index contributed by atoms with van der Waals surface area (Å²) in [5, 5.41) is 0. The second-order valence-corrected chi connectivity index (χ2v) is 3.99. The standard InChI is InChI=1S/C12H14FNO3/c1-7(14)11(15)8-5-9(13)12-10(6-8)16-3-2-4-17-12/h5-7H,2-4,14H2,1H3. The minimum Gasteiger partial charge on any atom is -0.489 e.